The Labute approximate surface area is 125 Å². The molecular formula is C15H10ClN5. The number of nitrogens with zero attached hydrogens (tertiary/aromatic N) is 4. The number of imidazole rings is 1. The number of benzene rings is 1. The van der Waals surface area contributed by atoms with Crippen LogP contribution in [0.2, 0.25) is 5.02 Å². The lowest BCUT2D eigenvalue weighted by molar-refractivity contribution is 1.09. The second-order valence-corrected chi connectivity index (χ2v) is 5.09. The average Bonchev–Trinajstić information content (AvgIpc) is 2.81. The third-order valence-electron chi connectivity index (χ3n) is 3.35. The largest absolute Gasteiger partial charge is 0.369 e. The van der Waals surface area contributed by atoms with Crippen LogP contribution in [0.15, 0.2) is 48.8 Å². The summed E-state index contributed by atoms with van der Waals surface area (Å²) in [5.74, 6) is 0.371. The van der Waals surface area contributed by atoms with Crippen molar-refractivity contribution in [3.8, 4) is 5.69 Å². The van der Waals surface area contributed by atoms with Gasteiger partial charge in [-0.05, 0) is 30.3 Å². The lowest BCUT2D eigenvalue weighted by Gasteiger charge is -2.09. The number of halogens is 1. The standard InChI is InChI=1S/C15H10ClN5/c16-9-7-12-14(19-8-9)21(15(17)20-12)13-5-1-4-11-10(13)3-2-6-18-11/h1-8H,(H2,17,20). The summed E-state index contributed by atoms with van der Waals surface area (Å²) in [4.78, 5) is 13.0. The zero-order chi connectivity index (χ0) is 14.4. The quantitative estimate of drug-likeness (QED) is 0.585. The lowest BCUT2D eigenvalue weighted by Crippen LogP contribution is -2.02. The minimum atomic E-state index is 0.371. The normalized spacial score (nSPS) is 11.3. The first-order chi connectivity index (χ1) is 10.2. The van der Waals surface area contributed by atoms with Crippen LogP contribution in [0.25, 0.3) is 27.8 Å². The van der Waals surface area contributed by atoms with Crippen molar-refractivity contribution in [2.45, 2.75) is 0 Å². The summed E-state index contributed by atoms with van der Waals surface area (Å²) in [7, 11) is 0. The maximum Gasteiger partial charge on any atom is 0.207 e. The molecule has 0 fully saturated rings. The van der Waals surface area contributed by atoms with Gasteiger partial charge in [0.05, 0.1) is 16.2 Å². The number of anilines is 1. The van der Waals surface area contributed by atoms with Crippen molar-refractivity contribution in [3.63, 3.8) is 0 Å². The average molecular weight is 296 g/mol. The predicted molar refractivity (Wildman–Crippen MR) is 83.6 cm³/mol. The maximum absolute atomic E-state index is 6.07. The van der Waals surface area contributed by atoms with E-state index in [0.717, 1.165) is 16.6 Å². The Balaban J connectivity index is 2.11. The van der Waals surface area contributed by atoms with Crippen LogP contribution in [0.4, 0.5) is 5.95 Å². The second kappa shape index (κ2) is 4.43. The third kappa shape index (κ3) is 1.82. The fourth-order valence-corrected chi connectivity index (χ4v) is 2.63. The van der Waals surface area contributed by atoms with E-state index < -0.39 is 0 Å². The molecule has 0 atom stereocenters. The SMILES string of the molecule is Nc1nc2cc(Cl)cnc2n1-c1cccc2ncccc12. The zero-order valence-electron chi connectivity index (χ0n) is 10.9. The van der Waals surface area contributed by atoms with E-state index in [9.17, 15) is 0 Å². The number of nitrogens with two attached hydrogens (primary N) is 1. The number of rotatable bonds is 1. The Morgan fingerprint density at radius 2 is 1.95 bits per heavy atom. The van der Waals surface area contributed by atoms with Crippen molar-refractivity contribution >= 4 is 39.6 Å². The Kier molecular flexibility index (Phi) is 2.55. The monoisotopic (exact) mass is 295 g/mol. The van der Waals surface area contributed by atoms with Gasteiger partial charge in [-0.15, -0.1) is 0 Å². The smallest absolute Gasteiger partial charge is 0.207 e. The highest BCUT2D eigenvalue weighted by molar-refractivity contribution is 6.31. The van der Waals surface area contributed by atoms with E-state index in [2.05, 4.69) is 15.0 Å². The highest BCUT2D eigenvalue weighted by atomic mass is 35.5. The van der Waals surface area contributed by atoms with Gasteiger partial charge in [-0.3, -0.25) is 9.55 Å². The van der Waals surface area contributed by atoms with Crippen LogP contribution in [-0.4, -0.2) is 19.5 Å². The minimum absolute atomic E-state index is 0.371. The molecule has 0 aliphatic rings. The molecule has 0 unspecified atom stereocenters. The van der Waals surface area contributed by atoms with E-state index in [4.69, 9.17) is 17.3 Å². The van der Waals surface area contributed by atoms with Gasteiger partial charge in [-0.2, -0.15) is 0 Å². The first kappa shape index (κ1) is 12.1. The number of hydrogen-bond donors (Lipinski definition) is 1. The van der Waals surface area contributed by atoms with E-state index in [1.165, 1.54) is 0 Å². The van der Waals surface area contributed by atoms with Gasteiger partial charge in [0.25, 0.3) is 0 Å². The molecule has 4 rings (SSSR count). The van der Waals surface area contributed by atoms with Crippen molar-refractivity contribution in [3.05, 3.63) is 53.8 Å². The summed E-state index contributed by atoms with van der Waals surface area (Å²) in [5, 5.41) is 1.52. The first-order valence-electron chi connectivity index (χ1n) is 6.37. The Morgan fingerprint density at radius 1 is 1.05 bits per heavy atom. The van der Waals surface area contributed by atoms with E-state index in [0.29, 0.717) is 22.1 Å². The maximum atomic E-state index is 6.07. The molecular weight excluding hydrogens is 286 g/mol. The molecule has 0 aliphatic heterocycles. The van der Waals surface area contributed by atoms with Crippen molar-refractivity contribution in [1.82, 2.24) is 19.5 Å². The molecule has 0 bridgehead atoms. The van der Waals surface area contributed by atoms with Crippen LogP contribution in [0.3, 0.4) is 0 Å². The molecule has 3 heterocycles. The van der Waals surface area contributed by atoms with Crippen LogP contribution in [0.5, 0.6) is 0 Å². The molecule has 3 aromatic heterocycles. The number of pyridine rings is 2. The van der Waals surface area contributed by atoms with Gasteiger partial charge in [-0.1, -0.05) is 17.7 Å². The molecule has 0 spiro atoms. The van der Waals surface area contributed by atoms with Gasteiger partial charge in [0.1, 0.15) is 5.52 Å². The molecule has 102 valence electrons. The molecule has 21 heavy (non-hydrogen) atoms. The summed E-state index contributed by atoms with van der Waals surface area (Å²) in [6, 6.07) is 11.5. The molecule has 0 amide bonds. The van der Waals surface area contributed by atoms with Gasteiger partial charge in [0, 0.05) is 17.8 Å². The number of hydrogen-bond acceptors (Lipinski definition) is 4. The minimum Gasteiger partial charge on any atom is -0.369 e. The first-order valence-corrected chi connectivity index (χ1v) is 6.75. The van der Waals surface area contributed by atoms with Crippen molar-refractivity contribution < 1.29 is 0 Å². The molecule has 2 N–H and O–H groups in total. The van der Waals surface area contributed by atoms with Gasteiger partial charge < -0.3 is 5.73 Å². The van der Waals surface area contributed by atoms with Crippen molar-refractivity contribution in [2.75, 3.05) is 5.73 Å². The Bertz CT molecular complexity index is 971. The van der Waals surface area contributed by atoms with Crippen molar-refractivity contribution in [1.29, 1.82) is 0 Å². The van der Waals surface area contributed by atoms with Gasteiger partial charge >= 0.3 is 0 Å². The molecule has 0 saturated carbocycles. The number of aromatic nitrogens is 4. The van der Waals surface area contributed by atoms with Gasteiger partial charge in [0.2, 0.25) is 5.95 Å². The zero-order valence-corrected chi connectivity index (χ0v) is 11.6. The van der Waals surface area contributed by atoms with E-state index in [1.807, 2.05) is 34.9 Å². The Morgan fingerprint density at radius 3 is 2.86 bits per heavy atom. The topological polar surface area (TPSA) is 69.6 Å². The van der Waals surface area contributed by atoms with E-state index in [1.54, 1.807) is 18.5 Å². The Hall–Kier alpha value is -2.66. The van der Waals surface area contributed by atoms with E-state index in [-0.39, 0.29) is 0 Å². The second-order valence-electron chi connectivity index (χ2n) is 4.65. The molecule has 4 aromatic rings. The van der Waals surface area contributed by atoms with Crippen LogP contribution >= 0.6 is 11.6 Å². The van der Waals surface area contributed by atoms with Crippen LogP contribution in [0, 0.1) is 0 Å². The summed E-state index contributed by atoms with van der Waals surface area (Å²) in [6.07, 6.45) is 3.35. The third-order valence-corrected chi connectivity index (χ3v) is 3.56. The molecule has 6 heteroatoms. The van der Waals surface area contributed by atoms with Crippen LogP contribution < -0.4 is 5.73 Å². The van der Waals surface area contributed by atoms with Gasteiger partial charge in [0.15, 0.2) is 5.65 Å². The molecule has 0 radical (unpaired) electrons. The predicted octanol–water partition coefficient (Wildman–Crippen LogP) is 3.20. The van der Waals surface area contributed by atoms with Crippen LogP contribution in [-0.2, 0) is 0 Å². The molecule has 0 saturated heterocycles. The van der Waals surface area contributed by atoms with Crippen molar-refractivity contribution in [2.24, 2.45) is 0 Å². The summed E-state index contributed by atoms with van der Waals surface area (Å²) < 4.78 is 1.82. The fourth-order valence-electron chi connectivity index (χ4n) is 2.48. The molecule has 1 aromatic carbocycles. The van der Waals surface area contributed by atoms with Gasteiger partial charge in [-0.25, -0.2) is 9.97 Å². The number of fused-ring (bicyclic) bond motifs is 2. The highest BCUT2D eigenvalue weighted by Gasteiger charge is 2.13. The molecule has 0 aliphatic carbocycles. The lowest BCUT2D eigenvalue weighted by atomic mass is 10.2. The summed E-state index contributed by atoms with van der Waals surface area (Å²) >= 11 is 5.96. The fraction of sp³-hybridized carbons (Fsp3) is 0. The summed E-state index contributed by atoms with van der Waals surface area (Å²) in [6.45, 7) is 0. The summed E-state index contributed by atoms with van der Waals surface area (Å²) in [5.41, 5.74) is 9.21. The number of nitrogen functional groups attached to an aromatic ring is 1. The van der Waals surface area contributed by atoms with Crippen LogP contribution in [0.1, 0.15) is 0 Å². The highest BCUT2D eigenvalue weighted by Crippen LogP contribution is 2.27. The van der Waals surface area contributed by atoms with E-state index >= 15 is 0 Å². The molecule has 5 nitrogen and oxygen atoms in total.